The molecule has 1 aliphatic rings. The van der Waals surface area contributed by atoms with Gasteiger partial charge in [0, 0.05) is 30.1 Å². The lowest BCUT2D eigenvalue weighted by Gasteiger charge is -2.23. The molecule has 0 radical (unpaired) electrons. The summed E-state index contributed by atoms with van der Waals surface area (Å²) in [6.45, 7) is 6.36. The molecule has 1 aromatic carbocycles. The number of nitrogens with zero attached hydrogens (tertiary/aromatic N) is 1. The third-order valence-electron chi connectivity index (χ3n) is 3.77. The van der Waals surface area contributed by atoms with Gasteiger partial charge in [-0.05, 0) is 24.1 Å². The number of thioether (sulfide) groups is 1. The Morgan fingerprint density at radius 3 is 2.59 bits per heavy atom. The van der Waals surface area contributed by atoms with Gasteiger partial charge in [-0.3, -0.25) is 0 Å². The van der Waals surface area contributed by atoms with E-state index < -0.39 is 5.97 Å². The number of aromatic carboxylic acids is 1. The fourth-order valence-electron chi connectivity index (χ4n) is 2.28. The lowest BCUT2D eigenvalue weighted by molar-refractivity contribution is 0.0697. The number of hydrogen-bond donors (Lipinski definition) is 2. The molecule has 0 unspecified atom stereocenters. The Morgan fingerprint density at radius 2 is 1.95 bits per heavy atom. The fourth-order valence-corrected chi connectivity index (χ4v) is 3.38. The smallest absolute Gasteiger partial charge is 0.335 e. The average Bonchev–Trinajstić information content (AvgIpc) is 2.66. The van der Waals surface area contributed by atoms with E-state index >= 15 is 0 Å². The first-order valence-corrected chi connectivity index (χ1v) is 8.35. The molecule has 0 bridgehead atoms. The molecule has 0 saturated carbocycles. The molecule has 120 valence electrons. The highest BCUT2D eigenvalue weighted by atomic mass is 32.2. The first-order valence-electron chi connectivity index (χ1n) is 7.36. The van der Waals surface area contributed by atoms with Crippen molar-refractivity contribution in [1.29, 1.82) is 0 Å². The molecular weight excluding hydrogens is 300 g/mol. The third kappa shape index (κ3) is 4.66. The summed E-state index contributed by atoms with van der Waals surface area (Å²) in [5.41, 5.74) is 1.14. The molecule has 1 fully saturated rings. The van der Waals surface area contributed by atoms with Crippen molar-refractivity contribution in [3.8, 4) is 0 Å². The van der Waals surface area contributed by atoms with Gasteiger partial charge in [-0.1, -0.05) is 26.0 Å². The number of carboxylic acids is 1. The van der Waals surface area contributed by atoms with E-state index in [2.05, 4.69) is 19.2 Å². The summed E-state index contributed by atoms with van der Waals surface area (Å²) in [6.07, 6.45) is 0.985. The van der Waals surface area contributed by atoms with E-state index in [1.807, 2.05) is 16.7 Å². The van der Waals surface area contributed by atoms with E-state index in [4.69, 9.17) is 5.11 Å². The maximum atomic E-state index is 12.2. The molecule has 1 heterocycles. The van der Waals surface area contributed by atoms with Crippen LogP contribution in [0.25, 0.3) is 0 Å². The molecular formula is C16H22N2O3S. The molecule has 1 aromatic rings. The molecule has 1 saturated heterocycles. The summed E-state index contributed by atoms with van der Waals surface area (Å²) in [6, 6.07) is 6.50. The van der Waals surface area contributed by atoms with Crippen LogP contribution in [0.1, 0.15) is 36.2 Å². The minimum atomic E-state index is -0.944. The molecule has 2 N–H and O–H groups in total. The largest absolute Gasteiger partial charge is 0.478 e. The quantitative estimate of drug-likeness (QED) is 0.898. The van der Waals surface area contributed by atoms with Crippen molar-refractivity contribution in [2.24, 2.45) is 0 Å². The molecule has 5 nitrogen and oxygen atoms in total. The first kappa shape index (κ1) is 16.7. The second-order valence-electron chi connectivity index (χ2n) is 6.01. The van der Waals surface area contributed by atoms with Crippen LogP contribution in [0.5, 0.6) is 0 Å². The molecule has 22 heavy (non-hydrogen) atoms. The van der Waals surface area contributed by atoms with Gasteiger partial charge >= 0.3 is 12.0 Å². The van der Waals surface area contributed by atoms with Crippen LogP contribution in [0, 0.1) is 0 Å². The summed E-state index contributed by atoms with van der Waals surface area (Å²) in [7, 11) is 0. The summed E-state index contributed by atoms with van der Waals surface area (Å²) in [5, 5.41) is 11.8. The van der Waals surface area contributed by atoms with Gasteiger partial charge < -0.3 is 15.3 Å². The van der Waals surface area contributed by atoms with Gasteiger partial charge in [0.1, 0.15) is 0 Å². The van der Waals surface area contributed by atoms with Crippen LogP contribution in [0.4, 0.5) is 4.79 Å². The highest BCUT2D eigenvalue weighted by molar-refractivity contribution is 8.00. The van der Waals surface area contributed by atoms with Crippen molar-refractivity contribution < 1.29 is 14.7 Å². The van der Waals surface area contributed by atoms with Crippen molar-refractivity contribution in [2.75, 3.05) is 18.8 Å². The number of carboxylic acid groups (broad SMARTS) is 1. The molecule has 1 aliphatic heterocycles. The van der Waals surface area contributed by atoms with Gasteiger partial charge in [-0.25, -0.2) is 9.59 Å². The van der Waals surface area contributed by atoms with Crippen molar-refractivity contribution >= 4 is 23.8 Å². The number of rotatable bonds is 3. The Kier molecular flexibility index (Phi) is 5.34. The zero-order valence-corrected chi connectivity index (χ0v) is 13.8. The SMILES string of the molecule is CC1(C)CCN(C(=O)NCc2ccc(C(=O)O)cc2)CCS1. The predicted octanol–water partition coefficient (Wildman–Crippen LogP) is 2.81. The highest BCUT2D eigenvalue weighted by Gasteiger charge is 2.25. The highest BCUT2D eigenvalue weighted by Crippen LogP contribution is 2.30. The van der Waals surface area contributed by atoms with E-state index in [0.29, 0.717) is 6.54 Å². The van der Waals surface area contributed by atoms with E-state index in [-0.39, 0.29) is 16.3 Å². The number of urea groups is 1. The number of nitrogens with one attached hydrogen (secondary N) is 1. The number of amides is 2. The Labute approximate surface area is 135 Å². The maximum absolute atomic E-state index is 12.2. The Bertz CT molecular complexity index is 543. The zero-order chi connectivity index (χ0) is 16.2. The summed E-state index contributed by atoms with van der Waals surface area (Å²) in [4.78, 5) is 24.9. The topological polar surface area (TPSA) is 69.6 Å². The molecule has 2 amide bonds. The van der Waals surface area contributed by atoms with Gasteiger partial charge in [0.25, 0.3) is 0 Å². The lowest BCUT2D eigenvalue weighted by Crippen LogP contribution is -2.41. The summed E-state index contributed by atoms with van der Waals surface area (Å²) < 4.78 is 0.224. The number of benzene rings is 1. The van der Waals surface area contributed by atoms with Gasteiger partial charge in [0.05, 0.1) is 5.56 Å². The van der Waals surface area contributed by atoms with Crippen molar-refractivity contribution in [3.05, 3.63) is 35.4 Å². The lowest BCUT2D eigenvalue weighted by atomic mass is 10.1. The molecule has 2 rings (SSSR count). The van der Waals surface area contributed by atoms with E-state index in [1.54, 1.807) is 24.3 Å². The minimum absolute atomic E-state index is 0.0550. The fraction of sp³-hybridized carbons (Fsp3) is 0.500. The van der Waals surface area contributed by atoms with Gasteiger partial charge in [0.2, 0.25) is 0 Å². The second kappa shape index (κ2) is 7.05. The maximum Gasteiger partial charge on any atom is 0.335 e. The molecule has 0 aliphatic carbocycles. The third-order valence-corrected chi connectivity index (χ3v) is 5.14. The van der Waals surface area contributed by atoms with E-state index in [9.17, 15) is 9.59 Å². The van der Waals surface area contributed by atoms with Crippen molar-refractivity contribution in [3.63, 3.8) is 0 Å². The summed E-state index contributed by atoms with van der Waals surface area (Å²) in [5.74, 6) is 0.00791. The predicted molar refractivity (Wildman–Crippen MR) is 88.4 cm³/mol. The van der Waals surface area contributed by atoms with Gasteiger partial charge in [-0.15, -0.1) is 0 Å². The van der Waals surface area contributed by atoms with Gasteiger partial charge in [0.15, 0.2) is 0 Å². The Morgan fingerprint density at radius 1 is 1.27 bits per heavy atom. The van der Waals surface area contributed by atoms with Crippen LogP contribution in [-0.2, 0) is 6.54 Å². The van der Waals surface area contributed by atoms with Crippen molar-refractivity contribution in [2.45, 2.75) is 31.6 Å². The molecule has 0 aromatic heterocycles. The Balaban J connectivity index is 1.85. The summed E-state index contributed by atoms with van der Waals surface area (Å²) >= 11 is 1.90. The van der Waals surface area contributed by atoms with Crippen LogP contribution in [-0.4, -0.2) is 45.6 Å². The molecule has 0 spiro atoms. The first-order chi connectivity index (χ1) is 10.4. The van der Waals surface area contributed by atoms with Crippen molar-refractivity contribution in [1.82, 2.24) is 10.2 Å². The van der Waals surface area contributed by atoms with Crippen LogP contribution in [0.15, 0.2) is 24.3 Å². The monoisotopic (exact) mass is 322 g/mol. The number of carbonyl (C=O) groups is 2. The zero-order valence-electron chi connectivity index (χ0n) is 13.0. The van der Waals surface area contributed by atoms with Gasteiger partial charge in [-0.2, -0.15) is 11.8 Å². The second-order valence-corrected chi connectivity index (χ2v) is 7.81. The van der Waals surface area contributed by atoms with Crippen LogP contribution < -0.4 is 5.32 Å². The van der Waals surface area contributed by atoms with Crippen LogP contribution in [0.2, 0.25) is 0 Å². The molecule has 6 heteroatoms. The van der Waals surface area contributed by atoms with Crippen LogP contribution >= 0.6 is 11.8 Å². The molecule has 0 atom stereocenters. The van der Waals surface area contributed by atoms with E-state index in [1.165, 1.54) is 0 Å². The van der Waals surface area contributed by atoms with Crippen LogP contribution in [0.3, 0.4) is 0 Å². The minimum Gasteiger partial charge on any atom is -0.478 e. The number of carbonyl (C=O) groups excluding carboxylic acids is 1. The average molecular weight is 322 g/mol. The normalized spacial score (nSPS) is 17.6. The Hall–Kier alpha value is -1.69. The van der Waals surface area contributed by atoms with E-state index in [0.717, 1.165) is 30.8 Å². The number of hydrogen-bond acceptors (Lipinski definition) is 3. The standard InChI is InChI=1S/C16H22N2O3S/c1-16(2)7-8-18(9-10-22-16)15(21)17-11-12-3-5-13(6-4-12)14(19)20/h3-6H,7-11H2,1-2H3,(H,17,21)(H,19,20).